The van der Waals surface area contributed by atoms with Crippen molar-refractivity contribution in [2.75, 3.05) is 38.0 Å². The summed E-state index contributed by atoms with van der Waals surface area (Å²) in [5.41, 5.74) is 4.12. The Hall–Kier alpha value is -3.96. The van der Waals surface area contributed by atoms with E-state index in [4.69, 9.17) is 9.15 Å². The first-order valence-corrected chi connectivity index (χ1v) is 14.7. The van der Waals surface area contributed by atoms with Gasteiger partial charge in [-0.15, -0.1) is 0 Å². The van der Waals surface area contributed by atoms with Crippen molar-refractivity contribution in [1.82, 2.24) is 25.1 Å². The molecule has 1 aromatic carbocycles. The van der Waals surface area contributed by atoms with Gasteiger partial charge < -0.3 is 29.8 Å². The molecule has 0 bridgehead atoms. The Morgan fingerprint density at radius 2 is 2.05 bits per heavy atom. The molecule has 11 heteroatoms. The van der Waals surface area contributed by atoms with E-state index in [9.17, 15) is 14.7 Å². The van der Waals surface area contributed by atoms with E-state index in [1.165, 1.54) is 17.5 Å². The van der Waals surface area contributed by atoms with E-state index >= 15 is 0 Å². The van der Waals surface area contributed by atoms with Gasteiger partial charge in [-0.2, -0.15) is 0 Å². The minimum absolute atomic E-state index is 0.157. The zero-order valence-corrected chi connectivity index (χ0v) is 24.3. The molecule has 0 radical (unpaired) electrons. The van der Waals surface area contributed by atoms with E-state index < -0.39 is 6.10 Å². The number of nitrogens with one attached hydrogen (secondary N) is 2. The number of aromatic nitrogens is 2. The van der Waals surface area contributed by atoms with E-state index in [1.54, 1.807) is 24.5 Å². The van der Waals surface area contributed by atoms with Crippen LogP contribution in [-0.2, 0) is 24.4 Å². The van der Waals surface area contributed by atoms with Crippen LogP contribution in [0.2, 0.25) is 0 Å². The SMILES string of the molecule is CCC(=O)N1CCC(Nc2cc(C(=O)NCC(O)CN3CCc4c(ccc(OCc5cnco5)c4C)C3)ccn2)CC1. The Bertz CT molecular complexity index is 1360. The molecule has 4 heterocycles. The number of carbonyl (C=O) groups excluding carboxylic acids is 2. The topological polar surface area (TPSA) is 133 Å². The number of ether oxygens (including phenoxy) is 1. The maximum absolute atomic E-state index is 12.8. The number of aliphatic hydroxyl groups is 1. The van der Waals surface area contributed by atoms with Crippen molar-refractivity contribution >= 4 is 17.6 Å². The molecule has 0 aliphatic carbocycles. The standard InChI is InChI=1S/C31H40N6O5/c1-3-30(39)37-12-7-24(8-13-37)35-29-14-22(6-10-33-29)31(40)34-15-25(38)18-36-11-9-27-21(2)28(5-4-23(27)17-36)41-19-26-16-32-20-42-26/h4-6,10,14,16,20,24-25,38H,3,7-9,11-13,15,17-19H2,1-2H3,(H,33,35)(H,34,40). The van der Waals surface area contributed by atoms with Gasteiger partial charge in [0, 0.05) is 63.5 Å². The predicted octanol–water partition coefficient (Wildman–Crippen LogP) is 2.92. The second kappa shape index (κ2) is 13.8. The third-order valence-corrected chi connectivity index (χ3v) is 8.06. The van der Waals surface area contributed by atoms with E-state index in [0.717, 1.165) is 56.8 Å². The second-order valence-electron chi connectivity index (χ2n) is 11.0. The quantitative estimate of drug-likeness (QED) is 0.315. The van der Waals surface area contributed by atoms with Gasteiger partial charge >= 0.3 is 0 Å². The van der Waals surface area contributed by atoms with Crippen LogP contribution in [0.1, 0.15) is 59.0 Å². The highest BCUT2D eigenvalue weighted by Crippen LogP contribution is 2.30. The smallest absolute Gasteiger partial charge is 0.251 e. The zero-order chi connectivity index (χ0) is 29.5. The number of oxazole rings is 1. The summed E-state index contributed by atoms with van der Waals surface area (Å²) in [5.74, 6) is 2.09. The molecule has 0 spiro atoms. The Morgan fingerprint density at radius 3 is 2.81 bits per heavy atom. The summed E-state index contributed by atoms with van der Waals surface area (Å²) in [4.78, 5) is 37.2. The molecular formula is C31H40N6O5. The molecule has 0 saturated carbocycles. The lowest BCUT2D eigenvalue weighted by atomic mass is 9.94. The van der Waals surface area contributed by atoms with Crippen molar-refractivity contribution in [3.05, 3.63) is 71.1 Å². The number of rotatable bonds is 11. The van der Waals surface area contributed by atoms with Crippen LogP contribution >= 0.6 is 0 Å². The monoisotopic (exact) mass is 576 g/mol. The van der Waals surface area contributed by atoms with Crippen LogP contribution in [0, 0.1) is 6.92 Å². The summed E-state index contributed by atoms with van der Waals surface area (Å²) in [6, 6.07) is 7.68. The first kappa shape index (κ1) is 29.5. The summed E-state index contributed by atoms with van der Waals surface area (Å²) in [6.45, 7) is 7.92. The average Bonchev–Trinajstić information content (AvgIpc) is 3.53. The van der Waals surface area contributed by atoms with Gasteiger partial charge in [0.15, 0.2) is 12.2 Å². The minimum atomic E-state index is -0.698. The molecule has 2 amide bonds. The number of pyridine rings is 1. The van der Waals surface area contributed by atoms with E-state index in [-0.39, 0.29) is 24.4 Å². The molecule has 2 aliphatic rings. The maximum atomic E-state index is 12.8. The highest BCUT2D eigenvalue weighted by Gasteiger charge is 2.24. The van der Waals surface area contributed by atoms with Crippen LogP contribution < -0.4 is 15.4 Å². The number of nitrogens with zero attached hydrogens (tertiary/aromatic N) is 4. The Morgan fingerprint density at radius 1 is 1.21 bits per heavy atom. The normalized spacial score (nSPS) is 16.5. The summed E-state index contributed by atoms with van der Waals surface area (Å²) in [6.07, 6.45) is 7.03. The average molecular weight is 577 g/mol. The summed E-state index contributed by atoms with van der Waals surface area (Å²) in [5, 5.41) is 17.0. The number of likely N-dealkylation sites (tertiary alicyclic amines) is 1. The van der Waals surface area contributed by atoms with Crippen LogP contribution in [0.4, 0.5) is 5.82 Å². The molecule has 2 aromatic heterocycles. The van der Waals surface area contributed by atoms with Crippen molar-refractivity contribution < 1.29 is 23.8 Å². The van der Waals surface area contributed by atoms with Gasteiger partial charge in [0.25, 0.3) is 5.91 Å². The number of fused-ring (bicyclic) bond motifs is 1. The fourth-order valence-corrected chi connectivity index (χ4v) is 5.68. The molecule has 1 atom stereocenters. The van der Waals surface area contributed by atoms with Crippen LogP contribution in [0.3, 0.4) is 0 Å². The number of hydrogen-bond donors (Lipinski definition) is 3. The Labute approximate surface area is 246 Å². The highest BCUT2D eigenvalue weighted by molar-refractivity contribution is 5.94. The van der Waals surface area contributed by atoms with Crippen LogP contribution in [0.25, 0.3) is 0 Å². The van der Waals surface area contributed by atoms with Gasteiger partial charge in [-0.3, -0.25) is 14.5 Å². The number of anilines is 1. The molecule has 11 nitrogen and oxygen atoms in total. The van der Waals surface area contributed by atoms with Crippen molar-refractivity contribution in [1.29, 1.82) is 0 Å². The first-order valence-electron chi connectivity index (χ1n) is 14.7. The lowest BCUT2D eigenvalue weighted by molar-refractivity contribution is -0.131. The lowest BCUT2D eigenvalue weighted by Gasteiger charge is -2.32. The summed E-state index contributed by atoms with van der Waals surface area (Å²) in [7, 11) is 0. The molecule has 3 aromatic rings. The molecular weight excluding hydrogens is 536 g/mol. The van der Waals surface area contributed by atoms with Crippen LogP contribution in [-0.4, -0.2) is 81.6 Å². The molecule has 42 heavy (non-hydrogen) atoms. The number of hydrogen-bond acceptors (Lipinski definition) is 9. The number of β-amino-alcohol motifs (C(OH)–C–C–N with tert-alkyl or cyclic N) is 1. The van der Waals surface area contributed by atoms with Crippen molar-refractivity contribution in [3.8, 4) is 5.75 Å². The molecule has 1 fully saturated rings. The van der Waals surface area contributed by atoms with Gasteiger partial charge in [0.2, 0.25) is 5.91 Å². The molecule has 224 valence electrons. The van der Waals surface area contributed by atoms with E-state index in [2.05, 4.69) is 38.5 Å². The van der Waals surface area contributed by atoms with Gasteiger partial charge in [-0.25, -0.2) is 9.97 Å². The van der Waals surface area contributed by atoms with E-state index in [1.807, 2.05) is 17.9 Å². The summed E-state index contributed by atoms with van der Waals surface area (Å²) < 4.78 is 11.2. The van der Waals surface area contributed by atoms with Crippen LogP contribution in [0.15, 0.2) is 47.5 Å². The Kier molecular flexibility index (Phi) is 9.70. The minimum Gasteiger partial charge on any atom is -0.485 e. The molecule has 5 rings (SSSR count). The number of amides is 2. The predicted molar refractivity (Wildman–Crippen MR) is 157 cm³/mol. The highest BCUT2D eigenvalue weighted by atomic mass is 16.5. The van der Waals surface area contributed by atoms with E-state index in [0.29, 0.717) is 36.7 Å². The first-order chi connectivity index (χ1) is 20.4. The fourth-order valence-electron chi connectivity index (χ4n) is 5.68. The van der Waals surface area contributed by atoms with Crippen molar-refractivity contribution in [2.45, 2.75) is 64.8 Å². The number of carbonyl (C=O) groups is 2. The van der Waals surface area contributed by atoms with Crippen molar-refractivity contribution in [2.24, 2.45) is 0 Å². The maximum Gasteiger partial charge on any atom is 0.251 e. The van der Waals surface area contributed by atoms with Crippen molar-refractivity contribution in [3.63, 3.8) is 0 Å². The Balaban J connectivity index is 1.07. The molecule has 1 unspecified atom stereocenters. The third kappa shape index (κ3) is 7.46. The second-order valence-corrected chi connectivity index (χ2v) is 11.0. The molecule has 1 saturated heterocycles. The van der Waals surface area contributed by atoms with Gasteiger partial charge in [0.05, 0.1) is 12.3 Å². The number of aliphatic hydroxyl groups excluding tert-OH is 1. The summed E-state index contributed by atoms with van der Waals surface area (Å²) >= 11 is 0. The third-order valence-electron chi connectivity index (χ3n) is 8.06. The largest absolute Gasteiger partial charge is 0.485 e. The number of benzene rings is 1. The molecule has 3 N–H and O–H groups in total. The van der Waals surface area contributed by atoms with Crippen LogP contribution in [0.5, 0.6) is 5.75 Å². The van der Waals surface area contributed by atoms with Gasteiger partial charge in [-0.05, 0) is 61.1 Å². The fraction of sp³-hybridized carbons (Fsp3) is 0.484. The van der Waals surface area contributed by atoms with Gasteiger partial charge in [0.1, 0.15) is 18.2 Å². The zero-order valence-electron chi connectivity index (χ0n) is 24.3. The number of piperidine rings is 1. The molecule has 2 aliphatic heterocycles. The van der Waals surface area contributed by atoms with Gasteiger partial charge in [-0.1, -0.05) is 13.0 Å². The lowest BCUT2D eigenvalue weighted by Crippen LogP contribution is -2.42.